The fourth-order valence-electron chi connectivity index (χ4n) is 1.58. The number of aromatic nitrogens is 1. The van der Waals surface area contributed by atoms with Gasteiger partial charge in [0.05, 0.1) is 13.7 Å². The molecule has 0 atom stereocenters. The van der Waals surface area contributed by atoms with Crippen LogP contribution in [0, 0.1) is 6.92 Å². The van der Waals surface area contributed by atoms with Crippen molar-refractivity contribution in [2.24, 2.45) is 0 Å². The van der Waals surface area contributed by atoms with Crippen molar-refractivity contribution in [3.8, 4) is 0 Å². The first kappa shape index (κ1) is 10.5. The number of aryl methyl sites for hydroxylation is 1. The van der Waals surface area contributed by atoms with Gasteiger partial charge in [-0.15, -0.1) is 0 Å². The van der Waals surface area contributed by atoms with E-state index in [2.05, 4.69) is 4.74 Å². The van der Waals surface area contributed by atoms with Crippen LogP contribution in [0.1, 0.15) is 22.0 Å². The predicted octanol–water partition coefficient (Wildman–Crippen LogP) is 2.22. The van der Waals surface area contributed by atoms with E-state index >= 15 is 0 Å². The average molecular weight is 219 g/mol. The molecule has 4 nitrogen and oxygen atoms in total. The first-order valence-corrected chi connectivity index (χ1v) is 4.99. The number of furan rings is 1. The number of methoxy groups -OCH3 is 1. The Hall–Kier alpha value is -1.97. The molecule has 0 amide bonds. The highest BCUT2D eigenvalue weighted by molar-refractivity contribution is 5.87. The summed E-state index contributed by atoms with van der Waals surface area (Å²) in [6, 6.07) is 7.33. The highest BCUT2D eigenvalue weighted by Crippen LogP contribution is 2.11. The van der Waals surface area contributed by atoms with Gasteiger partial charge in [0, 0.05) is 6.20 Å². The second-order valence-corrected chi connectivity index (χ2v) is 3.53. The van der Waals surface area contributed by atoms with Crippen LogP contribution in [-0.4, -0.2) is 17.6 Å². The molecule has 0 aromatic carbocycles. The van der Waals surface area contributed by atoms with Crippen molar-refractivity contribution in [1.82, 2.24) is 4.57 Å². The zero-order valence-electron chi connectivity index (χ0n) is 9.27. The summed E-state index contributed by atoms with van der Waals surface area (Å²) in [4.78, 5) is 11.4. The predicted molar refractivity (Wildman–Crippen MR) is 58.3 cm³/mol. The fraction of sp³-hybridized carbons (Fsp3) is 0.250. The molecule has 0 N–H and O–H groups in total. The maximum Gasteiger partial charge on any atom is 0.354 e. The molecule has 0 aliphatic heterocycles. The molecule has 0 radical (unpaired) electrons. The van der Waals surface area contributed by atoms with Gasteiger partial charge in [0.1, 0.15) is 17.2 Å². The number of hydrogen-bond acceptors (Lipinski definition) is 3. The quantitative estimate of drug-likeness (QED) is 0.743. The van der Waals surface area contributed by atoms with Crippen molar-refractivity contribution in [1.29, 1.82) is 0 Å². The molecule has 2 aromatic heterocycles. The zero-order chi connectivity index (χ0) is 11.5. The van der Waals surface area contributed by atoms with Gasteiger partial charge in [0.2, 0.25) is 0 Å². The molecule has 0 aliphatic carbocycles. The van der Waals surface area contributed by atoms with Gasteiger partial charge in [-0.05, 0) is 31.2 Å². The summed E-state index contributed by atoms with van der Waals surface area (Å²) >= 11 is 0. The van der Waals surface area contributed by atoms with Gasteiger partial charge in [-0.2, -0.15) is 0 Å². The van der Waals surface area contributed by atoms with Crippen molar-refractivity contribution in [2.75, 3.05) is 7.11 Å². The number of esters is 1. The van der Waals surface area contributed by atoms with Gasteiger partial charge >= 0.3 is 5.97 Å². The van der Waals surface area contributed by atoms with Crippen molar-refractivity contribution < 1.29 is 13.9 Å². The highest BCUT2D eigenvalue weighted by Gasteiger charge is 2.11. The third-order valence-electron chi connectivity index (χ3n) is 2.35. The van der Waals surface area contributed by atoms with Crippen LogP contribution < -0.4 is 0 Å². The van der Waals surface area contributed by atoms with Gasteiger partial charge in [-0.3, -0.25) is 0 Å². The van der Waals surface area contributed by atoms with Gasteiger partial charge in [0.15, 0.2) is 0 Å². The molecular formula is C12H13NO3. The Morgan fingerprint density at radius 2 is 2.25 bits per heavy atom. The first-order chi connectivity index (χ1) is 7.70. The lowest BCUT2D eigenvalue weighted by Gasteiger charge is -2.05. The molecule has 0 bridgehead atoms. The number of ether oxygens (including phenoxy) is 1. The van der Waals surface area contributed by atoms with Crippen LogP contribution in [0.2, 0.25) is 0 Å². The number of carbonyl (C=O) groups excluding carboxylic acids is 1. The van der Waals surface area contributed by atoms with Crippen LogP contribution in [0.15, 0.2) is 34.9 Å². The molecule has 2 rings (SSSR count). The monoisotopic (exact) mass is 219 g/mol. The van der Waals surface area contributed by atoms with E-state index in [1.54, 1.807) is 10.6 Å². The van der Waals surface area contributed by atoms with E-state index in [0.29, 0.717) is 12.2 Å². The van der Waals surface area contributed by atoms with Crippen LogP contribution in [0.25, 0.3) is 0 Å². The largest absolute Gasteiger partial charge is 0.464 e. The van der Waals surface area contributed by atoms with Gasteiger partial charge in [0.25, 0.3) is 0 Å². The molecule has 0 aliphatic rings. The molecule has 0 saturated heterocycles. The molecule has 0 spiro atoms. The second kappa shape index (κ2) is 4.26. The summed E-state index contributed by atoms with van der Waals surface area (Å²) in [5.74, 6) is 1.34. The normalized spacial score (nSPS) is 10.4. The van der Waals surface area contributed by atoms with Crippen molar-refractivity contribution in [3.63, 3.8) is 0 Å². The smallest absolute Gasteiger partial charge is 0.354 e. The minimum atomic E-state index is -0.340. The van der Waals surface area contributed by atoms with E-state index in [4.69, 9.17) is 4.42 Å². The summed E-state index contributed by atoms with van der Waals surface area (Å²) in [7, 11) is 1.37. The maximum atomic E-state index is 11.4. The Morgan fingerprint density at radius 3 is 2.88 bits per heavy atom. The topological polar surface area (TPSA) is 44.4 Å². The molecule has 0 saturated carbocycles. The Morgan fingerprint density at radius 1 is 1.44 bits per heavy atom. The van der Waals surface area contributed by atoms with E-state index in [1.807, 2.05) is 31.3 Å². The molecule has 4 heteroatoms. The Bertz CT molecular complexity index is 496. The summed E-state index contributed by atoms with van der Waals surface area (Å²) in [6.07, 6.45) is 1.82. The molecule has 2 heterocycles. The van der Waals surface area contributed by atoms with Crippen LogP contribution in [0.5, 0.6) is 0 Å². The Kier molecular flexibility index (Phi) is 2.81. The van der Waals surface area contributed by atoms with E-state index in [1.165, 1.54) is 7.11 Å². The SMILES string of the molecule is COC(=O)c1cccn1Cc1ccc(C)o1. The fourth-order valence-corrected chi connectivity index (χ4v) is 1.58. The third kappa shape index (κ3) is 2.00. The van der Waals surface area contributed by atoms with Gasteiger partial charge in [-0.1, -0.05) is 0 Å². The lowest BCUT2D eigenvalue weighted by Crippen LogP contribution is -2.10. The van der Waals surface area contributed by atoms with E-state index < -0.39 is 0 Å². The summed E-state index contributed by atoms with van der Waals surface area (Å²) in [6.45, 7) is 2.42. The summed E-state index contributed by atoms with van der Waals surface area (Å²) in [5.41, 5.74) is 0.525. The van der Waals surface area contributed by atoms with Crippen LogP contribution >= 0.6 is 0 Å². The molecule has 0 unspecified atom stereocenters. The number of hydrogen-bond donors (Lipinski definition) is 0. The van der Waals surface area contributed by atoms with Gasteiger partial charge < -0.3 is 13.7 Å². The number of nitrogens with zero attached hydrogens (tertiary/aromatic N) is 1. The second-order valence-electron chi connectivity index (χ2n) is 3.53. The zero-order valence-corrected chi connectivity index (χ0v) is 9.27. The first-order valence-electron chi connectivity index (χ1n) is 4.99. The van der Waals surface area contributed by atoms with Crippen molar-refractivity contribution in [3.05, 3.63) is 47.7 Å². The minimum absolute atomic E-state index is 0.340. The highest BCUT2D eigenvalue weighted by atomic mass is 16.5. The van der Waals surface area contributed by atoms with E-state index in [9.17, 15) is 4.79 Å². The maximum absolute atomic E-state index is 11.4. The summed E-state index contributed by atoms with van der Waals surface area (Å²) in [5, 5.41) is 0. The van der Waals surface area contributed by atoms with Crippen molar-refractivity contribution >= 4 is 5.97 Å². The molecule has 84 valence electrons. The Labute approximate surface area is 93.4 Å². The van der Waals surface area contributed by atoms with E-state index in [0.717, 1.165) is 11.5 Å². The Balaban J connectivity index is 2.22. The van der Waals surface area contributed by atoms with Crippen molar-refractivity contribution in [2.45, 2.75) is 13.5 Å². The lowest BCUT2D eigenvalue weighted by atomic mass is 10.4. The molecule has 2 aromatic rings. The molecule has 16 heavy (non-hydrogen) atoms. The van der Waals surface area contributed by atoms with Gasteiger partial charge in [-0.25, -0.2) is 4.79 Å². The lowest BCUT2D eigenvalue weighted by molar-refractivity contribution is 0.0589. The average Bonchev–Trinajstić information content (AvgIpc) is 2.87. The van der Waals surface area contributed by atoms with E-state index in [-0.39, 0.29) is 5.97 Å². The van der Waals surface area contributed by atoms with Crippen LogP contribution in [0.4, 0.5) is 0 Å². The van der Waals surface area contributed by atoms with Crippen LogP contribution in [0.3, 0.4) is 0 Å². The third-order valence-corrected chi connectivity index (χ3v) is 2.35. The van der Waals surface area contributed by atoms with Crippen LogP contribution in [-0.2, 0) is 11.3 Å². The molecular weight excluding hydrogens is 206 g/mol. The standard InChI is InChI=1S/C12H13NO3/c1-9-5-6-10(16-9)8-13-7-3-4-11(13)12(14)15-2/h3-7H,8H2,1-2H3. The molecule has 0 fully saturated rings. The number of carbonyl (C=O) groups is 1. The number of rotatable bonds is 3. The summed E-state index contributed by atoms with van der Waals surface area (Å²) < 4.78 is 11.9. The minimum Gasteiger partial charge on any atom is -0.464 e.